The van der Waals surface area contributed by atoms with Gasteiger partial charge in [-0.2, -0.15) is 4.31 Å². The third kappa shape index (κ3) is 2.58. The summed E-state index contributed by atoms with van der Waals surface area (Å²) in [6.07, 6.45) is 7.35. The van der Waals surface area contributed by atoms with Crippen molar-refractivity contribution >= 4 is 15.8 Å². The van der Waals surface area contributed by atoms with Crippen molar-refractivity contribution < 1.29 is 13.2 Å². The molecule has 0 aromatic rings. The first-order valence-electron chi connectivity index (χ1n) is 9.27. The summed E-state index contributed by atoms with van der Waals surface area (Å²) in [5.74, 6) is 0.611. The maximum atomic E-state index is 13.3. The van der Waals surface area contributed by atoms with Gasteiger partial charge < -0.3 is 0 Å². The molecule has 3 rings (SSSR count). The summed E-state index contributed by atoms with van der Waals surface area (Å²) < 4.78 is 28.3. The molecule has 2 aliphatic carbocycles. The first-order chi connectivity index (χ1) is 10.7. The Hall–Kier alpha value is -0.420. The van der Waals surface area contributed by atoms with Crippen molar-refractivity contribution in [2.24, 2.45) is 16.7 Å². The number of hydrogen-bond donors (Lipinski definition) is 0. The minimum absolute atomic E-state index is 0.0405. The lowest BCUT2D eigenvalue weighted by Crippen LogP contribution is -2.49. The SMILES string of the molecule is CCC1CCCCCN1S(=O)(=O)CC12CCC(CC1=O)C2(C)C. The topological polar surface area (TPSA) is 54.5 Å². The van der Waals surface area contributed by atoms with Crippen molar-refractivity contribution in [2.45, 2.75) is 78.2 Å². The zero-order valence-corrected chi connectivity index (χ0v) is 15.6. The van der Waals surface area contributed by atoms with Gasteiger partial charge in [0, 0.05) is 24.4 Å². The number of hydrogen-bond acceptors (Lipinski definition) is 3. The van der Waals surface area contributed by atoms with Gasteiger partial charge >= 0.3 is 0 Å². The number of nitrogens with zero attached hydrogens (tertiary/aromatic N) is 1. The Morgan fingerprint density at radius 3 is 2.48 bits per heavy atom. The van der Waals surface area contributed by atoms with Gasteiger partial charge in [-0.3, -0.25) is 4.79 Å². The predicted molar refractivity (Wildman–Crippen MR) is 91.6 cm³/mol. The third-order valence-corrected chi connectivity index (χ3v) is 9.27. The highest BCUT2D eigenvalue weighted by Gasteiger charge is 2.65. The summed E-state index contributed by atoms with van der Waals surface area (Å²) in [5, 5.41) is 0. The smallest absolute Gasteiger partial charge is 0.215 e. The van der Waals surface area contributed by atoms with Gasteiger partial charge in [0.15, 0.2) is 0 Å². The van der Waals surface area contributed by atoms with E-state index in [0.717, 1.165) is 44.9 Å². The molecule has 2 saturated carbocycles. The Bertz CT molecular complexity index is 583. The fourth-order valence-electron chi connectivity index (χ4n) is 5.43. The maximum absolute atomic E-state index is 13.3. The number of ketones is 1. The highest BCUT2D eigenvalue weighted by molar-refractivity contribution is 7.89. The van der Waals surface area contributed by atoms with Crippen LogP contribution >= 0.6 is 0 Å². The summed E-state index contributed by atoms with van der Waals surface area (Å²) in [6.45, 7) is 6.94. The summed E-state index contributed by atoms with van der Waals surface area (Å²) in [5.41, 5.74) is -0.814. The molecule has 0 N–H and O–H groups in total. The van der Waals surface area contributed by atoms with Crippen LogP contribution < -0.4 is 0 Å². The van der Waals surface area contributed by atoms with E-state index >= 15 is 0 Å². The number of carbonyl (C=O) groups is 1. The molecule has 0 amide bonds. The van der Waals surface area contributed by atoms with E-state index in [-0.39, 0.29) is 23.0 Å². The van der Waals surface area contributed by atoms with Crippen LogP contribution in [0.3, 0.4) is 0 Å². The van der Waals surface area contributed by atoms with E-state index in [1.54, 1.807) is 4.31 Å². The predicted octanol–water partition coefficient (Wildman–Crippen LogP) is 3.37. The zero-order chi connectivity index (χ0) is 16.9. The Labute approximate surface area is 141 Å². The summed E-state index contributed by atoms with van der Waals surface area (Å²) >= 11 is 0. The molecule has 3 atom stereocenters. The molecule has 4 nitrogen and oxygen atoms in total. The molecule has 0 radical (unpaired) electrons. The number of carbonyl (C=O) groups excluding carboxylic acids is 1. The van der Waals surface area contributed by atoms with Crippen molar-refractivity contribution in [3.63, 3.8) is 0 Å². The van der Waals surface area contributed by atoms with Crippen LogP contribution in [0.2, 0.25) is 0 Å². The van der Waals surface area contributed by atoms with Gasteiger partial charge in [-0.25, -0.2) is 8.42 Å². The molecule has 0 spiro atoms. The van der Waals surface area contributed by atoms with Gasteiger partial charge in [0.1, 0.15) is 5.78 Å². The normalized spacial score (nSPS) is 38.0. The Balaban J connectivity index is 1.90. The van der Waals surface area contributed by atoms with E-state index in [1.807, 2.05) is 0 Å². The first-order valence-corrected chi connectivity index (χ1v) is 10.9. The minimum Gasteiger partial charge on any atom is -0.299 e. The molecule has 1 heterocycles. The summed E-state index contributed by atoms with van der Waals surface area (Å²) in [7, 11) is -3.39. The van der Waals surface area contributed by atoms with E-state index < -0.39 is 15.4 Å². The fourth-order valence-corrected chi connectivity index (χ4v) is 8.01. The Morgan fingerprint density at radius 2 is 1.91 bits per heavy atom. The second-order valence-corrected chi connectivity index (χ2v) is 10.4. The molecular weight excluding hydrogens is 310 g/mol. The van der Waals surface area contributed by atoms with Gasteiger partial charge in [-0.05, 0) is 43.4 Å². The number of Topliss-reactive ketones (excluding diaryl/α,β-unsaturated/α-hetero) is 1. The van der Waals surface area contributed by atoms with Gasteiger partial charge in [-0.15, -0.1) is 0 Å². The maximum Gasteiger partial charge on any atom is 0.215 e. The number of rotatable bonds is 4. The molecule has 3 unspecified atom stereocenters. The van der Waals surface area contributed by atoms with E-state index in [4.69, 9.17) is 0 Å². The quantitative estimate of drug-likeness (QED) is 0.788. The zero-order valence-electron chi connectivity index (χ0n) is 14.8. The molecule has 1 aliphatic heterocycles. The summed E-state index contributed by atoms with van der Waals surface area (Å²) in [6, 6.07) is 0.121. The van der Waals surface area contributed by atoms with Crippen LogP contribution in [0, 0.1) is 16.7 Å². The Kier molecular flexibility index (Phi) is 4.41. The van der Waals surface area contributed by atoms with Crippen LogP contribution in [0.15, 0.2) is 0 Å². The minimum atomic E-state index is -3.39. The lowest BCUT2D eigenvalue weighted by Gasteiger charge is -2.39. The van der Waals surface area contributed by atoms with Crippen LogP contribution in [0.5, 0.6) is 0 Å². The fraction of sp³-hybridized carbons (Fsp3) is 0.944. The molecule has 2 bridgehead atoms. The lowest BCUT2D eigenvalue weighted by molar-refractivity contribution is -0.128. The average Bonchev–Trinajstić information content (AvgIpc) is 2.75. The lowest BCUT2D eigenvalue weighted by atomic mass is 9.70. The molecule has 23 heavy (non-hydrogen) atoms. The van der Waals surface area contributed by atoms with Crippen LogP contribution in [-0.2, 0) is 14.8 Å². The number of fused-ring (bicyclic) bond motifs is 2. The van der Waals surface area contributed by atoms with E-state index in [2.05, 4.69) is 20.8 Å². The first kappa shape index (κ1) is 17.4. The summed E-state index contributed by atoms with van der Waals surface area (Å²) in [4.78, 5) is 12.7. The van der Waals surface area contributed by atoms with Crippen LogP contribution in [0.4, 0.5) is 0 Å². The third-order valence-electron chi connectivity index (χ3n) is 7.22. The monoisotopic (exact) mass is 341 g/mol. The van der Waals surface area contributed by atoms with Crippen LogP contribution in [0.25, 0.3) is 0 Å². The van der Waals surface area contributed by atoms with E-state index in [0.29, 0.717) is 18.9 Å². The Morgan fingerprint density at radius 1 is 1.17 bits per heavy atom. The highest BCUT2D eigenvalue weighted by atomic mass is 32.2. The molecule has 3 aliphatic rings. The molecule has 1 saturated heterocycles. The van der Waals surface area contributed by atoms with Gasteiger partial charge in [-0.1, -0.05) is 33.6 Å². The molecular formula is C18H31NO3S. The van der Waals surface area contributed by atoms with Crippen molar-refractivity contribution in [3.8, 4) is 0 Å². The molecule has 3 fully saturated rings. The largest absolute Gasteiger partial charge is 0.299 e. The van der Waals surface area contributed by atoms with Gasteiger partial charge in [0.2, 0.25) is 10.0 Å². The van der Waals surface area contributed by atoms with Crippen LogP contribution in [-0.4, -0.2) is 36.8 Å². The van der Waals surface area contributed by atoms with E-state index in [9.17, 15) is 13.2 Å². The van der Waals surface area contributed by atoms with Crippen LogP contribution in [0.1, 0.15) is 72.1 Å². The van der Waals surface area contributed by atoms with Gasteiger partial charge in [0.25, 0.3) is 0 Å². The second kappa shape index (κ2) is 5.83. The molecule has 5 heteroatoms. The number of sulfonamides is 1. The highest BCUT2D eigenvalue weighted by Crippen LogP contribution is 2.64. The van der Waals surface area contributed by atoms with E-state index in [1.165, 1.54) is 0 Å². The van der Waals surface area contributed by atoms with Crippen molar-refractivity contribution in [3.05, 3.63) is 0 Å². The van der Waals surface area contributed by atoms with Crippen molar-refractivity contribution in [1.29, 1.82) is 0 Å². The second-order valence-electron chi connectivity index (χ2n) is 8.45. The standard InChI is InChI=1S/C18H31NO3S/c1-4-15-8-6-5-7-11-19(15)23(21,22)13-18-10-9-14(12-16(18)20)17(18,2)3/h14-15H,4-13H2,1-3H3. The van der Waals surface area contributed by atoms with Crippen molar-refractivity contribution in [1.82, 2.24) is 4.31 Å². The molecule has 0 aromatic carbocycles. The molecule has 132 valence electrons. The molecule has 0 aromatic heterocycles. The average molecular weight is 342 g/mol. The van der Waals surface area contributed by atoms with Gasteiger partial charge in [0.05, 0.1) is 5.75 Å². The van der Waals surface area contributed by atoms with Crippen molar-refractivity contribution in [2.75, 3.05) is 12.3 Å².